The number of carbonyl (C=O) groups excluding carboxylic acids is 1. The minimum absolute atomic E-state index is 0.123. The molecule has 4 atom stereocenters. The number of esters is 1. The Hall–Kier alpha value is -2.55. The molecule has 0 N–H and O–H groups in total. The predicted molar refractivity (Wildman–Crippen MR) is 94.6 cm³/mol. The molecule has 0 spiro atoms. The molecule has 28 heavy (non-hydrogen) atoms. The summed E-state index contributed by atoms with van der Waals surface area (Å²) in [5, 5.41) is 20.6. The lowest BCUT2D eigenvalue weighted by Gasteiger charge is -2.40. The molecule has 2 aliphatic heterocycles. The first-order chi connectivity index (χ1) is 13.2. The van der Waals surface area contributed by atoms with Gasteiger partial charge < -0.3 is 9.47 Å². The van der Waals surface area contributed by atoms with Gasteiger partial charge in [-0.15, -0.1) is 0 Å². The number of rotatable bonds is 4. The molecule has 1 aromatic carbocycles. The van der Waals surface area contributed by atoms with Crippen molar-refractivity contribution in [3.8, 4) is 6.07 Å². The average molecular weight is 409 g/mol. The van der Waals surface area contributed by atoms with E-state index in [4.69, 9.17) is 9.47 Å². The lowest BCUT2D eigenvalue weighted by atomic mass is 9.95. The predicted octanol–water partition coefficient (Wildman–Crippen LogP) is 1.34. The molecule has 0 bridgehead atoms. The highest BCUT2D eigenvalue weighted by atomic mass is 32.2. The van der Waals surface area contributed by atoms with Gasteiger partial charge >= 0.3 is 5.97 Å². The second kappa shape index (κ2) is 7.46. The monoisotopic (exact) mass is 409 g/mol. The van der Waals surface area contributed by atoms with Crippen LogP contribution in [0.15, 0.2) is 23.1 Å². The summed E-state index contributed by atoms with van der Waals surface area (Å²) < 4.78 is 38.5. The summed E-state index contributed by atoms with van der Waals surface area (Å²) in [5.74, 6) is -0.576. The molecule has 3 rings (SSSR count). The minimum Gasteiger partial charge on any atom is -0.467 e. The Balaban J connectivity index is 2.06. The number of hydrogen-bond donors (Lipinski definition) is 0. The number of ether oxygens (including phenoxy) is 2. The number of benzene rings is 1. The normalized spacial score (nSPS) is 27.6. The number of hydrogen-bond acceptors (Lipinski definition) is 8. The van der Waals surface area contributed by atoms with Crippen molar-refractivity contribution < 1.29 is 27.6 Å². The summed E-state index contributed by atoms with van der Waals surface area (Å²) >= 11 is 0. The highest BCUT2D eigenvalue weighted by Crippen LogP contribution is 2.40. The van der Waals surface area contributed by atoms with E-state index in [1.54, 1.807) is 13.0 Å². The lowest BCUT2D eigenvalue weighted by Crippen LogP contribution is -2.53. The van der Waals surface area contributed by atoms with Crippen LogP contribution in [0.3, 0.4) is 0 Å². The standard InChI is InChI=1S/C17H19N3O7S/c1-10-6-7-14-13(8-15(27-14)17(21)26-2)19(10)28(24,25)16-5-3-4-12(20(22)23)11(16)9-18/h3-5,10,13-15H,6-8H2,1-2H3. The number of methoxy groups -OCH3 is 1. The maximum absolute atomic E-state index is 13.4. The fourth-order valence-electron chi connectivity index (χ4n) is 3.93. The molecule has 150 valence electrons. The van der Waals surface area contributed by atoms with Crippen LogP contribution in [0.4, 0.5) is 5.69 Å². The van der Waals surface area contributed by atoms with E-state index >= 15 is 0 Å². The van der Waals surface area contributed by atoms with Gasteiger partial charge in [0.2, 0.25) is 10.0 Å². The van der Waals surface area contributed by atoms with Crippen molar-refractivity contribution in [2.75, 3.05) is 7.11 Å². The molecule has 2 fully saturated rings. The van der Waals surface area contributed by atoms with E-state index in [0.717, 1.165) is 6.07 Å². The first-order valence-electron chi connectivity index (χ1n) is 8.66. The van der Waals surface area contributed by atoms with Crippen molar-refractivity contribution in [1.82, 2.24) is 4.31 Å². The molecule has 1 aromatic rings. The van der Waals surface area contributed by atoms with Crippen molar-refractivity contribution >= 4 is 21.7 Å². The Labute approximate surface area is 161 Å². The fourth-order valence-corrected chi connectivity index (χ4v) is 5.97. The number of fused-ring (bicyclic) bond motifs is 1. The van der Waals surface area contributed by atoms with Crippen LogP contribution in [-0.4, -0.2) is 55.0 Å². The van der Waals surface area contributed by atoms with Crippen molar-refractivity contribution in [3.63, 3.8) is 0 Å². The van der Waals surface area contributed by atoms with Gasteiger partial charge in [-0.25, -0.2) is 13.2 Å². The van der Waals surface area contributed by atoms with Crippen LogP contribution in [0.1, 0.15) is 31.7 Å². The van der Waals surface area contributed by atoms with E-state index in [1.165, 1.54) is 23.5 Å². The molecule has 10 nitrogen and oxygen atoms in total. The van der Waals surface area contributed by atoms with Gasteiger partial charge in [0.15, 0.2) is 6.10 Å². The number of piperidine rings is 1. The molecule has 0 aromatic heterocycles. The van der Waals surface area contributed by atoms with Crippen molar-refractivity contribution in [1.29, 1.82) is 5.26 Å². The zero-order valence-corrected chi connectivity index (χ0v) is 16.1. The Morgan fingerprint density at radius 2 is 2.14 bits per heavy atom. The van der Waals surface area contributed by atoms with Gasteiger partial charge in [-0.05, 0) is 25.8 Å². The number of sulfonamides is 1. The minimum atomic E-state index is -4.25. The number of nitro benzene ring substituents is 1. The highest BCUT2D eigenvalue weighted by Gasteiger charge is 2.51. The van der Waals surface area contributed by atoms with Crippen LogP contribution >= 0.6 is 0 Å². The lowest BCUT2D eigenvalue weighted by molar-refractivity contribution is -0.385. The summed E-state index contributed by atoms with van der Waals surface area (Å²) in [7, 11) is -3.02. The summed E-state index contributed by atoms with van der Waals surface area (Å²) in [6, 6.07) is 4.12. The Morgan fingerprint density at radius 3 is 2.75 bits per heavy atom. The molecule has 2 heterocycles. The number of nitro groups is 1. The van der Waals surface area contributed by atoms with Crippen LogP contribution in [-0.2, 0) is 24.3 Å². The van der Waals surface area contributed by atoms with E-state index < -0.39 is 61.4 Å². The number of nitriles is 1. The van der Waals surface area contributed by atoms with Gasteiger partial charge in [0.25, 0.3) is 5.69 Å². The third-order valence-corrected chi connectivity index (χ3v) is 7.27. The molecule has 4 unspecified atom stereocenters. The van der Waals surface area contributed by atoms with Crippen molar-refractivity contribution in [3.05, 3.63) is 33.9 Å². The third kappa shape index (κ3) is 3.23. The largest absolute Gasteiger partial charge is 0.467 e. The van der Waals surface area contributed by atoms with Crippen LogP contribution in [0.25, 0.3) is 0 Å². The Bertz CT molecular complexity index is 956. The molecule has 0 radical (unpaired) electrons. The molecule has 0 saturated carbocycles. The zero-order chi connectivity index (χ0) is 20.6. The maximum Gasteiger partial charge on any atom is 0.335 e. The summed E-state index contributed by atoms with van der Waals surface area (Å²) in [6.45, 7) is 1.72. The molecule has 11 heteroatoms. The van der Waals surface area contributed by atoms with Crippen LogP contribution in [0, 0.1) is 21.4 Å². The molecule has 0 aliphatic carbocycles. The molecule has 2 aliphatic rings. The van der Waals surface area contributed by atoms with Crippen LogP contribution in [0.2, 0.25) is 0 Å². The smallest absolute Gasteiger partial charge is 0.335 e. The van der Waals surface area contributed by atoms with E-state index in [1.807, 2.05) is 0 Å². The second-order valence-electron chi connectivity index (χ2n) is 6.77. The topological polar surface area (TPSA) is 140 Å². The highest BCUT2D eigenvalue weighted by molar-refractivity contribution is 7.89. The Kier molecular flexibility index (Phi) is 5.38. The van der Waals surface area contributed by atoms with E-state index in [2.05, 4.69) is 0 Å². The van der Waals surface area contributed by atoms with E-state index in [0.29, 0.717) is 12.8 Å². The number of nitrogens with zero attached hydrogens (tertiary/aromatic N) is 3. The quantitative estimate of drug-likeness (QED) is 0.412. The molecular formula is C17H19N3O7S. The van der Waals surface area contributed by atoms with Gasteiger partial charge in [-0.1, -0.05) is 6.07 Å². The third-order valence-electron chi connectivity index (χ3n) is 5.19. The van der Waals surface area contributed by atoms with E-state index in [-0.39, 0.29) is 6.42 Å². The van der Waals surface area contributed by atoms with Gasteiger partial charge in [0.05, 0.1) is 24.2 Å². The second-order valence-corrected chi connectivity index (χ2v) is 8.58. The van der Waals surface area contributed by atoms with Crippen molar-refractivity contribution in [2.24, 2.45) is 0 Å². The van der Waals surface area contributed by atoms with Gasteiger partial charge in [-0.2, -0.15) is 9.57 Å². The van der Waals surface area contributed by atoms with Gasteiger partial charge in [0, 0.05) is 18.5 Å². The van der Waals surface area contributed by atoms with Crippen LogP contribution in [0.5, 0.6) is 0 Å². The summed E-state index contributed by atoms with van der Waals surface area (Å²) in [4.78, 5) is 21.9. The Morgan fingerprint density at radius 1 is 1.43 bits per heavy atom. The summed E-state index contributed by atoms with van der Waals surface area (Å²) in [6.07, 6.45) is -0.170. The van der Waals surface area contributed by atoms with Gasteiger partial charge in [-0.3, -0.25) is 10.1 Å². The molecule has 0 amide bonds. The first kappa shape index (κ1) is 20.2. The average Bonchev–Trinajstić information content (AvgIpc) is 3.10. The molecule has 2 saturated heterocycles. The fraction of sp³-hybridized carbons (Fsp3) is 0.529. The van der Waals surface area contributed by atoms with Gasteiger partial charge in [0.1, 0.15) is 16.5 Å². The first-order valence-corrected chi connectivity index (χ1v) is 10.1. The van der Waals surface area contributed by atoms with Crippen LogP contribution < -0.4 is 0 Å². The SMILES string of the molecule is COC(=O)C1CC2C(CCC(C)N2S(=O)(=O)c2cccc([N+](=O)[O-])c2C#N)O1. The zero-order valence-electron chi connectivity index (χ0n) is 15.3. The van der Waals surface area contributed by atoms with Crippen molar-refractivity contribution in [2.45, 2.75) is 55.4 Å². The van der Waals surface area contributed by atoms with E-state index in [9.17, 15) is 28.6 Å². The number of carbonyl (C=O) groups is 1. The summed E-state index contributed by atoms with van der Waals surface area (Å²) in [5.41, 5.74) is -1.08. The molecular weight excluding hydrogens is 390 g/mol. The maximum atomic E-state index is 13.4.